The van der Waals surface area contributed by atoms with E-state index in [9.17, 15) is 24.0 Å². The standard InChI is InChI=1S/C35H53N5O5/c1-4-7-9-11-12-13-14-16-32(42)38-30(33(43)36-20-15-10-8-5-2)24-40-25-37-29-22-26(17-18-28(29)35(40)45)34(44)39-21-19-27(23-39)31(41)6-3/h17-18,22,25,27,30H,4-16,19-21,23-24H2,1-3H3,(H,36,43)(H,38,42). The highest BCUT2D eigenvalue weighted by Crippen LogP contribution is 2.21. The van der Waals surface area contributed by atoms with Crippen LogP contribution in [0.5, 0.6) is 0 Å². The van der Waals surface area contributed by atoms with Gasteiger partial charge in [-0.05, 0) is 37.5 Å². The van der Waals surface area contributed by atoms with Gasteiger partial charge < -0.3 is 15.5 Å². The first kappa shape index (κ1) is 35.9. The van der Waals surface area contributed by atoms with E-state index in [2.05, 4.69) is 29.5 Å². The molecule has 1 aromatic carbocycles. The van der Waals surface area contributed by atoms with Crippen LogP contribution in [0.2, 0.25) is 0 Å². The normalized spacial score (nSPS) is 15.3. The van der Waals surface area contributed by atoms with Crippen LogP contribution in [0.3, 0.4) is 0 Å². The predicted molar refractivity (Wildman–Crippen MR) is 177 cm³/mol. The molecule has 10 heteroatoms. The molecule has 45 heavy (non-hydrogen) atoms. The molecule has 0 spiro atoms. The van der Waals surface area contributed by atoms with Crippen molar-refractivity contribution >= 4 is 34.4 Å². The van der Waals surface area contributed by atoms with Gasteiger partial charge in [0.25, 0.3) is 11.5 Å². The number of ketones is 1. The van der Waals surface area contributed by atoms with Gasteiger partial charge in [-0.2, -0.15) is 0 Å². The summed E-state index contributed by atoms with van der Waals surface area (Å²) in [5, 5.41) is 6.11. The number of unbranched alkanes of at least 4 members (excludes halogenated alkanes) is 9. The van der Waals surface area contributed by atoms with E-state index in [1.54, 1.807) is 23.1 Å². The number of likely N-dealkylation sites (tertiary alicyclic amines) is 1. The van der Waals surface area contributed by atoms with Crippen LogP contribution in [0.1, 0.15) is 121 Å². The lowest BCUT2D eigenvalue weighted by molar-refractivity contribution is -0.129. The van der Waals surface area contributed by atoms with Gasteiger partial charge in [0.05, 0.1) is 23.8 Å². The number of nitrogens with one attached hydrogen (secondary N) is 2. The van der Waals surface area contributed by atoms with Crippen molar-refractivity contribution in [1.29, 1.82) is 0 Å². The molecular weight excluding hydrogens is 570 g/mol. The Balaban J connectivity index is 1.68. The Kier molecular flexibility index (Phi) is 15.2. The Hall–Kier alpha value is -3.56. The van der Waals surface area contributed by atoms with Crippen molar-refractivity contribution < 1.29 is 19.2 Å². The quantitative estimate of drug-likeness (QED) is 0.196. The number of hydrogen-bond donors (Lipinski definition) is 2. The van der Waals surface area contributed by atoms with Crippen molar-refractivity contribution in [3.05, 3.63) is 40.4 Å². The van der Waals surface area contributed by atoms with Gasteiger partial charge in [-0.25, -0.2) is 4.98 Å². The van der Waals surface area contributed by atoms with Crippen molar-refractivity contribution in [1.82, 2.24) is 25.1 Å². The Morgan fingerprint density at radius 3 is 2.33 bits per heavy atom. The molecule has 1 saturated heterocycles. The minimum absolute atomic E-state index is 0.0490. The third-order valence-electron chi connectivity index (χ3n) is 8.72. The molecule has 1 fully saturated rings. The molecule has 3 rings (SSSR count). The molecule has 2 heterocycles. The minimum Gasteiger partial charge on any atom is -0.354 e. The fourth-order valence-corrected chi connectivity index (χ4v) is 5.89. The maximum atomic E-state index is 13.5. The number of carbonyl (C=O) groups is 4. The lowest BCUT2D eigenvalue weighted by Crippen LogP contribution is -2.50. The number of nitrogens with zero attached hydrogens (tertiary/aromatic N) is 3. The number of benzene rings is 1. The first-order valence-electron chi connectivity index (χ1n) is 17.2. The Morgan fingerprint density at radius 2 is 1.62 bits per heavy atom. The second kappa shape index (κ2) is 19.1. The van der Waals surface area contributed by atoms with E-state index >= 15 is 0 Å². The molecule has 1 aromatic heterocycles. The van der Waals surface area contributed by atoms with E-state index in [1.807, 2.05) is 6.92 Å². The molecule has 2 unspecified atom stereocenters. The summed E-state index contributed by atoms with van der Waals surface area (Å²) in [6.45, 7) is 7.54. The lowest BCUT2D eigenvalue weighted by Gasteiger charge is -2.20. The number of amides is 3. The molecule has 3 amide bonds. The van der Waals surface area contributed by atoms with Crippen molar-refractivity contribution in [2.24, 2.45) is 5.92 Å². The maximum Gasteiger partial charge on any atom is 0.261 e. The smallest absolute Gasteiger partial charge is 0.261 e. The summed E-state index contributed by atoms with van der Waals surface area (Å²) < 4.78 is 1.35. The zero-order valence-electron chi connectivity index (χ0n) is 27.6. The van der Waals surface area contributed by atoms with Crippen molar-refractivity contribution in [2.45, 2.75) is 123 Å². The van der Waals surface area contributed by atoms with Crippen LogP contribution in [0.25, 0.3) is 10.9 Å². The van der Waals surface area contributed by atoms with E-state index in [1.165, 1.54) is 36.6 Å². The average Bonchev–Trinajstić information content (AvgIpc) is 3.54. The van der Waals surface area contributed by atoms with E-state index < -0.39 is 6.04 Å². The fourth-order valence-electron chi connectivity index (χ4n) is 5.89. The average molecular weight is 624 g/mol. The first-order valence-corrected chi connectivity index (χ1v) is 17.2. The molecule has 1 aliphatic heterocycles. The lowest BCUT2D eigenvalue weighted by atomic mass is 10.0. The number of fused-ring (bicyclic) bond motifs is 1. The highest BCUT2D eigenvalue weighted by molar-refractivity contribution is 5.98. The predicted octanol–water partition coefficient (Wildman–Crippen LogP) is 5.16. The van der Waals surface area contributed by atoms with E-state index in [0.29, 0.717) is 55.4 Å². The molecule has 10 nitrogen and oxygen atoms in total. The fraction of sp³-hybridized carbons (Fsp3) is 0.657. The van der Waals surface area contributed by atoms with Gasteiger partial charge in [0.15, 0.2) is 0 Å². The summed E-state index contributed by atoms with van der Waals surface area (Å²) in [6.07, 6.45) is 14.5. The van der Waals surface area contributed by atoms with Crippen molar-refractivity contribution in [3.63, 3.8) is 0 Å². The minimum atomic E-state index is -0.917. The second-order valence-corrected chi connectivity index (χ2v) is 12.3. The number of rotatable bonds is 20. The summed E-state index contributed by atoms with van der Waals surface area (Å²) in [5.74, 6) is -0.665. The molecule has 2 N–H and O–H groups in total. The summed E-state index contributed by atoms with van der Waals surface area (Å²) in [7, 11) is 0. The Morgan fingerprint density at radius 1 is 0.933 bits per heavy atom. The molecule has 0 radical (unpaired) electrons. The van der Waals surface area contributed by atoms with Gasteiger partial charge in [0.2, 0.25) is 11.8 Å². The van der Waals surface area contributed by atoms with Gasteiger partial charge in [-0.15, -0.1) is 0 Å². The van der Waals surface area contributed by atoms with Crippen molar-refractivity contribution in [2.75, 3.05) is 19.6 Å². The Bertz CT molecular complexity index is 1340. The molecule has 248 valence electrons. The molecule has 1 aliphatic rings. The van der Waals surface area contributed by atoms with Crippen LogP contribution in [0, 0.1) is 5.92 Å². The third kappa shape index (κ3) is 11.1. The van der Waals surface area contributed by atoms with Crippen LogP contribution in [0.15, 0.2) is 29.3 Å². The number of carbonyl (C=O) groups excluding carboxylic acids is 4. The van der Waals surface area contributed by atoms with E-state index in [-0.39, 0.29) is 41.5 Å². The number of hydrogen-bond acceptors (Lipinski definition) is 6. The molecule has 0 bridgehead atoms. The molecule has 2 aromatic rings. The summed E-state index contributed by atoms with van der Waals surface area (Å²) in [5.41, 5.74) is 0.438. The zero-order valence-corrected chi connectivity index (χ0v) is 27.6. The molecule has 0 saturated carbocycles. The zero-order chi connectivity index (χ0) is 32.6. The van der Waals surface area contributed by atoms with Crippen LogP contribution < -0.4 is 16.2 Å². The van der Waals surface area contributed by atoms with E-state index in [0.717, 1.165) is 44.9 Å². The molecule has 2 atom stereocenters. The van der Waals surface area contributed by atoms with Crippen LogP contribution in [-0.2, 0) is 20.9 Å². The largest absolute Gasteiger partial charge is 0.354 e. The van der Waals surface area contributed by atoms with Gasteiger partial charge in [0, 0.05) is 44.0 Å². The highest BCUT2D eigenvalue weighted by Gasteiger charge is 2.30. The SMILES string of the molecule is CCCCCCCCCC(=O)NC(Cn1cnc2cc(C(=O)N3CCC(C(=O)CC)C3)ccc2c1=O)C(=O)NCCCCCC. The monoisotopic (exact) mass is 623 g/mol. The maximum absolute atomic E-state index is 13.5. The van der Waals surface area contributed by atoms with Crippen LogP contribution in [0.4, 0.5) is 0 Å². The number of aromatic nitrogens is 2. The summed E-state index contributed by atoms with van der Waals surface area (Å²) >= 11 is 0. The Labute approximate surface area is 267 Å². The van der Waals surface area contributed by atoms with Crippen LogP contribution in [-0.4, -0.2) is 63.6 Å². The van der Waals surface area contributed by atoms with Gasteiger partial charge in [-0.3, -0.25) is 28.5 Å². The number of Topliss-reactive ketones (excluding diaryl/α,β-unsaturated/α-hetero) is 1. The van der Waals surface area contributed by atoms with Gasteiger partial charge in [0.1, 0.15) is 11.8 Å². The highest BCUT2D eigenvalue weighted by atomic mass is 16.2. The summed E-state index contributed by atoms with van der Waals surface area (Å²) in [4.78, 5) is 70.8. The molecular formula is C35H53N5O5. The summed E-state index contributed by atoms with van der Waals surface area (Å²) in [6, 6.07) is 3.88. The van der Waals surface area contributed by atoms with Crippen molar-refractivity contribution in [3.8, 4) is 0 Å². The van der Waals surface area contributed by atoms with E-state index in [4.69, 9.17) is 0 Å². The first-order chi connectivity index (χ1) is 21.8. The molecule has 0 aliphatic carbocycles. The van der Waals surface area contributed by atoms with Gasteiger partial charge in [-0.1, -0.05) is 78.6 Å². The van der Waals surface area contributed by atoms with Gasteiger partial charge >= 0.3 is 0 Å². The second-order valence-electron chi connectivity index (χ2n) is 12.3. The topological polar surface area (TPSA) is 130 Å². The van der Waals surface area contributed by atoms with Crippen LogP contribution >= 0.6 is 0 Å². The third-order valence-corrected chi connectivity index (χ3v) is 8.72.